The molecule has 1 atom stereocenters. The lowest BCUT2D eigenvalue weighted by Crippen LogP contribution is -2.47. The van der Waals surface area contributed by atoms with E-state index in [4.69, 9.17) is 0 Å². The molecule has 0 radical (unpaired) electrons. The first-order valence-corrected chi connectivity index (χ1v) is 10.8. The van der Waals surface area contributed by atoms with Gasteiger partial charge in [0.05, 0.1) is 6.54 Å². The summed E-state index contributed by atoms with van der Waals surface area (Å²) >= 11 is 1.23. The number of nitrogens with zero attached hydrogens (tertiary/aromatic N) is 4. The molecule has 1 fully saturated rings. The van der Waals surface area contributed by atoms with E-state index in [1.807, 2.05) is 36.2 Å². The van der Waals surface area contributed by atoms with Gasteiger partial charge >= 0.3 is 0 Å². The molecule has 3 aromatic rings. The molecule has 2 N–H and O–H groups in total. The fourth-order valence-electron chi connectivity index (χ4n) is 3.72. The lowest BCUT2D eigenvalue weighted by Gasteiger charge is -2.33. The number of nitrogens with one attached hydrogen (secondary N) is 2. The number of alkyl halides is 2. The van der Waals surface area contributed by atoms with Crippen molar-refractivity contribution in [2.75, 3.05) is 37.6 Å². The maximum atomic E-state index is 12.6. The van der Waals surface area contributed by atoms with Crippen LogP contribution in [-0.2, 0) is 6.42 Å². The van der Waals surface area contributed by atoms with E-state index in [0.29, 0.717) is 42.7 Å². The summed E-state index contributed by atoms with van der Waals surface area (Å²) in [5.74, 6) is -0.248. The van der Waals surface area contributed by atoms with Crippen molar-refractivity contribution < 1.29 is 13.6 Å². The minimum atomic E-state index is -2.32. The number of benzene rings is 1. The van der Waals surface area contributed by atoms with Crippen molar-refractivity contribution >= 4 is 33.3 Å². The Labute approximate surface area is 177 Å². The number of carbonyl (C=O) groups excluding carboxylic acids is 1. The molecule has 1 amide bonds. The zero-order valence-corrected chi connectivity index (χ0v) is 17.5. The Balaban J connectivity index is 1.32. The number of piperazine rings is 1. The quantitative estimate of drug-likeness (QED) is 0.598. The summed E-state index contributed by atoms with van der Waals surface area (Å²) in [5, 5.41) is 13.3. The number of aromatic amines is 1. The summed E-state index contributed by atoms with van der Waals surface area (Å²) in [6.45, 7) is 4.05. The molecule has 0 aliphatic carbocycles. The predicted octanol–water partition coefficient (Wildman–Crippen LogP) is 2.77. The second kappa shape index (κ2) is 9.05. The molecule has 1 aromatic carbocycles. The molecule has 4 rings (SSSR count). The summed E-state index contributed by atoms with van der Waals surface area (Å²) in [5.41, 5.74) is 2.23. The van der Waals surface area contributed by atoms with Gasteiger partial charge in [-0.2, -0.15) is 0 Å². The van der Waals surface area contributed by atoms with Gasteiger partial charge in [0.1, 0.15) is 0 Å². The summed E-state index contributed by atoms with van der Waals surface area (Å²) < 4.78 is 25.0. The van der Waals surface area contributed by atoms with E-state index in [1.165, 1.54) is 11.3 Å². The number of aromatic nitrogens is 3. The zero-order valence-electron chi connectivity index (χ0n) is 16.6. The molecule has 1 aliphatic heterocycles. The number of fused-ring (bicyclic) bond motifs is 1. The summed E-state index contributed by atoms with van der Waals surface area (Å²) in [6.07, 6.45) is 0.358. The fourth-order valence-corrected chi connectivity index (χ4v) is 4.52. The monoisotopic (exact) mass is 434 g/mol. The Hall–Kier alpha value is -2.59. The first kappa shape index (κ1) is 20.7. The third-order valence-electron chi connectivity index (χ3n) is 5.23. The highest BCUT2D eigenvalue weighted by Gasteiger charge is 2.23. The van der Waals surface area contributed by atoms with Gasteiger partial charge in [-0.25, -0.2) is 8.78 Å². The third kappa shape index (κ3) is 4.76. The minimum Gasteiger partial charge on any atom is -0.361 e. The molecule has 10 heteroatoms. The van der Waals surface area contributed by atoms with Crippen molar-refractivity contribution in [1.29, 1.82) is 0 Å². The number of hydrogen-bond acceptors (Lipinski definition) is 6. The number of halogens is 2. The van der Waals surface area contributed by atoms with Crippen LogP contribution < -0.4 is 10.2 Å². The number of H-pyrrole nitrogens is 1. The van der Waals surface area contributed by atoms with E-state index >= 15 is 0 Å². The fraction of sp³-hybridized carbons (Fsp3) is 0.450. The topological polar surface area (TPSA) is 77.1 Å². The highest BCUT2D eigenvalue weighted by Crippen LogP contribution is 2.23. The smallest absolute Gasteiger partial charge is 0.282 e. The van der Waals surface area contributed by atoms with Crippen LogP contribution in [0.5, 0.6) is 0 Å². The molecule has 0 bridgehead atoms. The Morgan fingerprint density at radius 1 is 1.23 bits per heavy atom. The first-order valence-electron chi connectivity index (χ1n) is 9.94. The van der Waals surface area contributed by atoms with Crippen LogP contribution in [0, 0.1) is 0 Å². The Kier molecular flexibility index (Phi) is 6.24. The molecule has 30 heavy (non-hydrogen) atoms. The summed E-state index contributed by atoms with van der Waals surface area (Å²) in [6, 6.07) is 8.01. The van der Waals surface area contributed by atoms with Gasteiger partial charge in [0.25, 0.3) is 12.3 Å². The van der Waals surface area contributed by atoms with E-state index in [0.717, 1.165) is 16.5 Å². The van der Waals surface area contributed by atoms with Crippen molar-refractivity contribution in [1.82, 2.24) is 25.4 Å². The van der Waals surface area contributed by atoms with Gasteiger partial charge in [-0.15, -0.1) is 10.2 Å². The largest absolute Gasteiger partial charge is 0.361 e. The molecule has 1 unspecified atom stereocenters. The number of rotatable bonds is 7. The highest BCUT2D eigenvalue weighted by atomic mass is 32.1. The van der Waals surface area contributed by atoms with E-state index in [2.05, 4.69) is 26.6 Å². The molecule has 1 saturated heterocycles. The lowest BCUT2D eigenvalue weighted by molar-refractivity contribution is 0.0854. The van der Waals surface area contributed by atoms with Crippen molar-refractivity contribution in [3.63, 3.8) is 0 Å². The summed E-state index contributed by atoms with van der Waals surface area (Å²) in [7, 11) is 0. The molecule has 1 aliphatic rings. The maximum Gasteiger partial charge on any atom is 0.282 e. The van der Waals surface area contributed by atoms with Crippen molar-refractivity contribution in [3.05, 3.63) is 41.0 Å². The second-order valence-corrected chi connectivity index (χ2v) is 8.46. The molecule has 0 spiro atoms. The highest BCUT2D eigenvalue weighted by molar-refractivity contribution is 7.17. The lowest BCUT2D eigenvalue weighted by atomic mass is 10.1. The summed E-state index contributed by atoms with van der Waals surface area (Å²) in [4.78, 5) is 19.6. The van der Waals surface area contributed by atoms with Gasteiger partial charge in [0, 0.05) is 49.3 Å². The standard InChI is InChI=1S/C20H24F2N6OS/c1-13(10-14-11-23-16-5-3-2-4-15(14)16)24-18(29)19-25-26-20(30-19)28-8-6-27(7-9-28)12-17(21)22/h2-5,11,13,17,23H,6-10,12H2,1H3,(H,24,29). The van der Waals surface area contributed by atoms with Crippen LogP contribution in [-0.4, -0.2) is 71.2 Å². The van der Waals surface area contributed by atoms with Gasteiger partial charge in [-0.3, -0.25) is 9.69 Å². The van der Waals surface area contributed by atoms with Crippen LogP contribution in [0.25, 0.3) is 10.9 Å². The average molecular weight is 435 g/mol. The van der Waals surface area contributed by atoms with Crippen LogP contribution in [0.1, 0.15) is 22.3 Å². The number of amides is 1. The normalized spacial score (nSPS) is 16.3. The van der Waals surface area contributed by atoms with Crippen molar-refractivity contribution in [3.8, 4) is 0 Å². The van der Waals surface area contributed by atoms with Crippen LogP contribution in [0.3, 0.4) is 0 Å². The van der Waals surface area contributed by atoms with E-state index in [9.17, 15) is 13.6 Å². The van der Waals surface area contributed by atoms with Crippen LogP contribution >= 0.6 is 11.3 Å². The zero-order chi connectivity index (χ0) is 21.1. The van der Waals surface area contributed by atoms with Crippen LogP contribution in [0.15, 0.2) is 30.5 Å². The molecule has 7 nitrogen and oxygen atoms in total. The molecule has 3 heterocycles. The third-order valence-corrected chi connectivity index (χ3v) is 6.21. The Morgan fingerprint density at radius 3 is 2.77 bits per heavy atom. The number of para-hydroxylation sites is 1. The van der Waals surface area contributed by atoms with E-state index in [-0.39, 0.29) is 18.5 Å². The number of anilines is 1. The van der Waals surface area contributed by atoms with Gasteiger partial charge < -0.3 is 15.2 Å². The van der Waals surface area contributed by atoms with Crippen molar-refractivity contribution in [2.45, 2.75) is 25.8 Å². The molecule has 0 saturated carbocycles. The average Bonchev–Trinajstić information content (AvgIpc) is 3.36. The molecule has 2 aromatic heterocycles. The predicted molar refractivity (Wildman–Crippen MR) is 113 cm³/mol. The van der Waals surface area contributed by atoms with Gasteiger partial charge in [-0.1, -0.05) is 29.5 Å². The maximum absolute atomic E-state index is 12.6. The SMILES string of the molecule is CC(Cc1c[nH]c2ccccc12)NC(=O)c1nnc(N2CCN(CC(F)F)CC2)s1. The Morgan fingerprint density at radius 2 is 2.00 bits per heavy atom. The van der Waals surface area contributed by atoms with Crippen LogP contribution in [0.4, 0.5) is 13.9 Å². The van der Waals surface area contributed by atoms with Crippen LogP contribution in [0.2, 0.25) is 0 Å². The molecule has 160 valence electrons. The minimum absolute atomic E-state index is 0.0676. The van der Waals surface area contributed by atoms with E-state index in [1.54, 1.807) is 4.90 Å². The van der Waals surface area contributed by atoms with Crippen molar-refractivity contribution in [2.24, 2.45) is 0 Å². The van der Waals surface area contributed by atoms with Gasteiger partial charge in [-0.05, 0) is 25.0 Å². The Bertz CT molecular complexity index is 998. The number of hydrogen-bond donors (Lipinski definition) is 2. The molecular weight excluding hydrogens is 410 g/mol. The molecular formula is C20H24F2N6OS. The van der Waals surface area contributed by atoms with E-state index < -0.39 is 6.43 Å². The first-order chi connectivity index (χ1) is 14.5. The van der Waals surface area contributed by atoms with Gasteiger partial charge in [0.2, 0.25) is 10.1 Å². The second-order valence-electron chi connectivity index (χ2n) is 7.51. The number of carbonyl (C=O) groups is 1. The van der Waals surface area contributed by atoms with Gasteiger partial charge in [0.15, 0.2) is 0 Å².